The highest BCUT2D eigenvalue weighted by molar-refractivity contribution is 7.80. The van der Waals surface area contributed by atoms with Gasteiger partial charge in [-0.15, -0.1) is 10.2 Å². The summed E-state index contributed by atoms with van der Waals surface area (Å²) in [5.41, 5.74) is 6.20. The number of nitrogens with two attached hydrogens (primary N) is 1. The zero-order chi connectivity index (χ0) is 13.1. The van der Waals surface area contributed by atoms with Gasteiger partial charge in [-0.2, -0.15) is 4.80 Å². The Hall–Kier alpha value is -1.73. The second-order valence-electron chi connectivity index (χ2n) is 3.49. The fourth-order valence-corrected chi connectivity index (χ4v) is 1.66. The van der Waals surface area contributed by atoms with Crippen molar-refractivity contribution in [1.82, 2.24) is 20.2 Å². The lowest BCUT2D eigenvalue weighted by Gasteiger charge is -2.07. The van der Waals surface area contributed by atoms with E-state index in [-0.39, 0.29) is 6.61 Å². The lowest BCUT2D eigenvalue weighted by molar-refractivity contribution is 0.295. The minimum Gasteiger partial charge on any atom is -0.484 e. The van der Waals surface area contributed by atoms with Gasteiger partial charge in [-0.05, 0) is 23.4 Å². The van der Waals surface area contributed by atoms with E-state index in [9.17, 15) is 0 Å². The van der Waals surface area contributed by atoms with Gasteiger partial charge in [-0.1, -0.05) is 23.8 Å². The van der Waals surface area contributed by atoms with E-state index in [0.29, 0.717) is 27.1 Å². The lowest BCUT2D eigenvalue weighted by atomic mass is 10.2. The van der Waals surface area contributed by atoms with Crippen LogP contribution in [0.1, 0.15) is 11.4 Å². The third-order valence-corrected chi connectivity index (χ3v) is 2.65. The molecule has 0 bridgehead atoms. The summed E-state index contributed by atoms with van der Waals surface area (Å²) in [4.78, 5) is 1.65. The molecule has 2 N–H and O–H groups in total. The molecule has 1 heterocycles. The van der Waals surface area contributed by atoms with Crippen molar-refractivity contribution in [3.8, 4) is 5.75 Å². The molecule has 0 saturated carbocycles. The number of ether oxygens (including phenoxy) is 1. The van der Waals surface area contributed by atoms with Crippen molar-refractivity contribution in [2.45, 2.75) is 6.61 Å². The number of halogens is 1. The van der Waals surface area contributed by atoms with Crippen LogP contribution in [0.2, 0.25) is 5.02 Å². The molecule has 0 atom stereocenters. The Labute approximate surface area is 114 Å². The fraction of sp³-hybridized carbons (Fsp3) is 0.200. The van der Waals surface area contributed by atoms with Crippen molar-refractivity contribution in [2.75, 3.05) is 0 Å². The van der Waals surface area contributed by atoms with Crippen molar-refractivity contribution in [3.05, 3.63) is 34.6 Å². The number of rotatable bonds is 4. The lowest BCUT2D eigenvalue weighted by Crippen LogP contribution is -2.09. The van der Waals surface area contributed by atoms with Crippen LogP contribution in [0.25, 0.3) is 0 Å². The smallest absolute Gasteiger partial charge is 0.212 e. The van der Waals surface area contributed by atoms with Gasteiger partial charge in [0.05, 0.1) is 12.1 Å². The van der Waals surface area contributed by atoms with Crippen LogP contribution >= 0.6 is 23.8 Å². The largest absolute Gasteiger partial charge is 0.484 e. The molecule has 0 radical (unpaired) electrons. The van der Waals surface area contributed by atoms with Crippen LogP contribution < -0.4 is 10.5 Å². The molecular formula is C10H10ClN5OS. The standard InChI is InChI=1S/C10H10ClN5OS/c1-16-14-9(13-15-16)5-17-8-3-2-6(10(12)18)4-7(8)11/h2-4H,5H2,1H3,(H2,12,18). The van der Waals surface area contributed by atoms with E-state index in [1.54, 1.807) is 25.2 Å². The maximum absolute atomic E-state index is 6.04. The maximum atomic E-state index is 6.04. The number of nitrogens with zero attached hydrogens (tertiary/aromatic N) is 4. The highest BCUT2D eigenvalue weighted by atomic mass is 35.5. The number of aryl methyl sites for hydroxylation is 1. The van der Waals surface area contributed by atoms with Crippen molar-refractivity contribution in [1.29, 1.82) is 0 Å². The molecule has 0 unspecified atom stereocenters. The molecule has 18 heavy (non-hydrogen) atoms. The molecule has 0 aliphatic rings. The number of tetrazole rings is 1. The second kappa shape index (κ2) is 5.28. The summed E-state index contributed by atoms with van der Waals surface area (Å²) in [7, 11) is 1.68. The van der Waals surface area contributed by atoms with Gasteiger partial charge < -0.3 is 10.5 Å². The van der Waals surface area contributed by atoms with Crippen molar-refractivity contribution in [3.63, 3.8) is 0 Å². The number of hydrogen-bond donors (Lipinski definition) is 1. The van der Waals surface area contributed by atoms with E-state index < -0.39 is 0 Å². The van der Waals surface area contributed by atoms with Crippen LogP contribution in [-0.4, -0.2) is 25.2 Å². The van der Waals surface area contributed by atoms with Gasteiger partial charge in [-0.3, -0.25) is 0 Å². The van der Waals surface area contributed by atoms with Crippen LogP contribution in [-0.2, 0) is 13.7 Å². The Balaban J connectivity index is 2.08. The molecule has 6 nitrogen and oxygen atoms in total. The maximum Gasteiger partial charge on any atom is 0.212 e. The molecule has 94 valence electrons. The van der Waals surface area contributed by atoms with Gasteiger partial charge in [0.15, 0.2) is 6.61 Å². The zero-order valence-corrected chi connectivity index (χ0v) is 11.1. The molecule has 1 aromatic carbocycles. The Kier molecular flexibility index (Phi) is 3.73. The zero-order valence-electron chi connectivity index (χ0n) is 9.50. The molecule has 2 aromatic rings. The van der Waals surface area contributed by atoms with Gasteiger partial charge in [0.2, 0.25) is 5.82 Å². The molecule has 2 rings (SSSR count). The predicted molar refractivity (Wildman–Crippen MR) is 70.5 cm³/mol. The average Bonchev–Trinajstić information content (AvgIpc) is 2.73. The Morgan fingerprint density at radius 2 is 2.33 bits per heavy atom. The normalized spacial score (nSPS) is 10.3. The van der Waals surface area contributed by atoms with Crippen molar-refractivity contribution >= 4 is 28.8 Å². The van der Waals surface area contributed by atoms with Crippen molar-refractivity contribution in [2.24, 2.45) is 12.8 Å². The molecule has 1 aromatic heterocycles. The van der Waals surface area contributed by atoms with Crippen LogP contribution in [0.5, 0.6) is 5.75 Å². The predicted octanol–water partition coefficient (Wildman–Crippen LogP) is 1.08. The first-order chi connectivity index (χ1) is 8.56. The average molecular weight is 284 g/mol. The highest BCUT2D eigenvalue weighted by Crippen LogP contribution is 2.25. The molecule has 0 fully saturated rings. The number of aromatic nitrogens is 4. The summed E-state index contributed by atoms with van der Waals surface area (Å²) >= 11 is 10.9. The van der Waals surface area contributed by atoms with Crippen molar-refractivity contribution < 1.29 is 4.74 Å². The second-order valence-corrected chi connectivity index (χ2v) is 4.34. The van der Waals surface area contributed by atoms with Crippen LogP contribution in [0.3, 0.4) is 0 Å². The molecule has 8 heteroatoms. The molecule has 0 spiro atoms. The summed E-state index contributed by atoms with van der Waals surface area (Å²) in [6, 6.07) is 5.10. The number of hydrogen-bond acceptors (Lipinski definition) is 5. The molecule has 0 aliphatic carbocycles. The molecule has 0 aliphatic heterocycles. The fourth-order valence-electron chi connectivity index (χ4n) is 1.29. The van der Waals surface area contributed by atoms with E-state index in [1.165, 1.54) is 4.80 Å². The first kappa shape index (κ1) is 12.7. The van der Waals surface area contributed by atoms with Crippen LogP contribution in [0, 0.1) is 0 Å². The molecular weight excluding hydrogens is 274 g/mol. The van der Waals surface area contributed by atoms with Crippen LogP contribution in [0.4, 0.5) is 0 Å². The summed E-state index contributed by atoms with van der Waals surface area (Å²) in [6.07, 6.45) is 0. The minimum absolute atomic E-state index is 0.194. The quantitative estimate of drug-likeness (QED) is 0.846. The first-order valence-corrected chi connectivity index (χ1v) is 5.80. The van der Waals surface area contributed by atoms with Gasteiger partial charge in [0.25, 0.3) is 0 Å². The summed E-state index contributed by atoms with van der Waals surface area (Å²) in [5.74, 6) is 0.996. The summed E-state index contributed by atoms with van der Waals surface area (Å²) in [6.45, 7) is 0.194. The third kappa shape index (κ3) is 2.93. The Bertz CT molecular complexity index is 585. The summed E-state index contributed by atoms with van der Waals surface area (Å²) < 4.78 is 5.48. The topological polar surface area (TPSA) is 78.8 Å². The van der Waals surface area contributed by atoms with Crippen LogP contribution in [0.15, 0.2) is 18.2 Å². The Morgan fingerprint density at radius 3 is 2.89 bits per heavy atom. The number of benzene rings is 1. The third-order valence-electron chi connectivity index (χ3n) is 2.12. The first-order valence-electron chi connectivity index (χ1n) is 5.01. The van der Waals surface area contributed by atoms with E-state index in [2.05, 4.69) is 15.4 Å². The SMILES string of the molecule is Cn1nnc(COc2ccc(C(N)=S)cc2Cl)n1. The highest BCUT2D eigenvalue weighted by Gasteiger charge is 2.07. The van der Waals surface area contributed by atoms with E-state index >= 15 is 0 Å². The summed E-state index contributed by atoms with van der Waals surface area (Å²) in [5, 5.41) is 11.9. The van der Waals surface area contributed by atoms with Gasteiger partial charge in [0.1, 0.15) is 10.7 Å². The van der Waals surface area contributed by atoms with E-state index in [0.717, 1.165) is 0 Å². The molecule has 0 saturated heterocycles. The number of thiocarbonyl (C=S) groups is 1. The van der Waals surface area contributed by atoms with Gasteiger partial charge in [-0.25, -0.2) is 0 Å². The van der Waals surface area contributed by atoms with E-state index in [4.69, 9.17) is 34.3 Å². The monoisotopic (exact) mass is 283 g/mol. The molecule has 0 amide bonds. The van der Waals surface area contributed by atoms with Gasteiger partial charge >= 0.3 is 0 Å². The Morgan fingerprint density at radius 1 is 1.56 bits per heavy atom. The van der Waals surface area contributed by atoms with E-state index in [1.807, 2.05) is 0 Å². The van der Waals surface area contributed by atoms with Gasteiger partial charge in [0, 0.05) is 5.56 Å². The minimum atomic E-state index is 0.194.